The van der Waals surface area contributed by atoms with Gasteiger partial charge >= 0.3 is 5.97 Å². The minimum atomic E-state index is -1.69. The highest BCUT2D eigenvalue weighted by Crippen LogP contribution is 2.29. The van der Waals surface area contributed by atoms with Crippen LogP contribution in [0, 0.1) is 11.8 Å². The van der Waals surface area contributed by atoms with Crippen LogP contribution >= 0.6 is 11.6 Å². The van der Waals surface area contributed by atoms with Crippen molar-refractivity contribution in [2.75, 3.05) is 13.6 Å². The van der Waals surface area contributed by atoms with Crippen LogP contribution in [0.4, 0.5) is 0 Å². The summed E-state index contributed by atoms with van der Waals surface area (Å²) in [6.45, 7) is 0.446. The maximum atomic E-state index is 12.1. The first-order valence-electron chi connectivity index (χ1n) is 8.82. The quantitative estimate of drug-likeness (QED) is 0.633. The minimum absolute atomic E-state index is 0.143. The molecular weight excluding hydrogens is 394 g/mol. The number of aromatic carboxylic acids is 1. The Morgan fingerprint density at radius 3 is 2.72 bits per heavy atom. The molecule has 0 bridgehead atoms. The number of benzene rings is 2. The first kappa shape index (κ1) is 19.0. The van der Waals surface area contributed by atoms with Gasteiger partial charge in [-0.2, -0.15) is 5.10 Å². The number of aliphatic hydroxyl groups is 1. The molecule has 2 N–H and O–H groups in total. The highest BCUT2D eigenvalue weighted by atomic mass is 35.5. The molecule has 1 aromatic heterocycles. The van der Waals surface area contributed by atoms with Gasteiger partial charge in [-0.15, -0.1) is 0 Å². The Balaban J connectivity index is 1.78. The average molecular weight is 410 g/mol. The normalized spacial score (nSPS) is 18.7. The lowest BCUT2D eigenvalue weighted by Gasteiger charge is -2.13. The number of hydrogen-bond acceptors (Lipinski definition) is 4. The molecule has 1 fully saturated rings. The Kier molecular flexibility index (Phi) is 4.53. The molecule has 8 heteroatoms. The van der Waals surface area contributed by atoms with Crippen molar-refractivity contribution in [2.45, 2.75) is 12.0 Å². The van der Waals surface area contributed by atoms with Gasteiger partial charge in [-0.05, 0) is 30.3 Å². The van der Waals surface area contributed by atoms with Gasteiger partial charge in [-0.1, -0.05) is 35.6 Å². The Morgan fingerprint density at radius 2 is 2.03 bits per heavy atom. The molecule has 4 rings (SSSR count). The number of hydrogen-bond donors (Lipinski definition) is 2. The topological polar surface area (TPSA) is 95.7 Å². The number of carbonyl (C=O) groups is 2. The van der Waals surface area contributed by atoms with Crippen molar-refractivity contribution in [3.05, 3.63) is 58.7 Å². The van der Waals surface area contributed by atoms with Gasteiger partial charge in [-0.25, -0.2) is 9.48 Å². The second-order valence-corrected chi connectivity index (χ2v) is 7.24. The lowest BCUT2D eigenvalue weighted by atomic mass is 10.0. The summed E-state index contributed by atoms with van der Waals surface area (Å²) in [7, 11) is 1.62. The summed E-state index contributed by atoms with van der Waals surface area (Å²) in [4.78, 5) is 25.1. The van der Waals surface area contributed by atoms with Crippen molar-refractivity contribution in [3.8, 4) is 17.5 Å². The largest absolute Gasteiger partial charge is 0.476 e. The molecule has 146 valence electrons. The van der Waals surface area contributed by atoms with Crippen LogP contribution in [0.5, 0.6) is 0 Å². The fourth-order valence-corrected chi connectivity index (χ4v) is 3.59. The monoisotopic (exact) mass is 409 g/mol. The van der Waals surface area contributed by atoms with E-state index in [1.807, 2.05) is 0 Å². The lowest BCUT2D eigenvalue weighted by molar-refractivity contribution is -0.137. The highest BCUT2D eigenvalue weighted by Gasteiger charge is 2.42. The second kappa shape index (κ2) is 6.92. The van der Waals surface area contributed by atoms with Gasteiger partial charge in [0.2, 0.25) is 5.60 Å². The van der Waals surface area contributed by atoms with Crippen molar-refractivity contribution in [2.24, 2.45) is 0 Å². The number of likely N-dealkylation sites (N-methyl/N-ethyl adjacent to an activating group) is 1. The molecule has 1 aliphatic heterocycles. The number of carboxylic acid groups (broad SMARTS) is 1. The first-order chi connectivity index (χ1) is 13.8. The predicted molar refractivity (Wildman–Crippen MR) is 107 cm³/mol. The van der Waals surface area contributed by atoms with E-state index in [4.69, 9.17) is 11.6 Å². The average Bonchev–Trinajstić information content (AvgIpc) is 3.22. The van der Waals surface area contributed by atoms with E-state index in [1.54, 1.807) is 49.5 Å². The minimum Gasteiger partial charge on any atom is -0.476 e. The van der Waals surface area contributed by atoms with Crippen molar-refractivity contribution in [3.63, 3.8) is 0 Å². The first-order valence-corrected chi connectivity index (χ1v) is 9.20. The number of aromatic nitrogens is 2. The molecule has 0 spiro atoms. The smallest absolute Gasteiger partial charge is 0.357 e. The van der Waals surface area contributed by atoms with Gasteiger partial charge in [0.05, 0.1) is 21.6 Å². The molecule has 29 heavy (non-hydrogen) atoms. The van der Waals surface area contributed by atoms with E-state index in [0.29, 0.717) is 33.7 Å². The molecule has 7 nitrogen and oxygen atoms in total. The van der Waals surface area contributed by atoms with Crippen LogP contribution in [-0.2, 0) is 4.79 Å². The molecule has 2 heterocycles. The van der Waals surface area contributed by atoms with E-state index in [2.05, 4.69) is 16.9 Å². The Morgan fingerprint density at radius 1 is 1.28 bits per heavy atom. The van der Waals surface area contributed by atoms with E-state index in [-0.39, 0.29) is 12.1 Å². The Labute approximate surface area is 171 Å². The van der Waals surface area contributed by atoms with Crippen LogP contribution in [0.15, 0.2) is 42.5 Å². The van der Waals surface area contributed by atoms with E-state index in [0.717, 1.165) is 0 Å². The van der Waals surface area contributed by atoms with Crippen LogP contribution in [0.25, 0.3) is 16.6 Å². The number of amides is 1. The number of rotatable bonds is 2. The molecule has 1 amide bonds. The fourth-order valence-electron chi connectivity index (χ4n) is 3.33. The Hall–Kier alpha value is -3.34. The summed E-state index contributed by atoms with van der Waals surface area (Å²) in [5.74, 6) is 3.92. The SMILES string of the molecule is CN1CCC(O)(C#Cc2cccc(-n3nc(C(=O)O)c4c(Cl)cccc43)c2)C1=O. The number of carboxylic acids is 1. The lowest BCUT2D eigenvalue weighted by Crippen LogP contribution is -2.37. The number of fused-ring (bicyclic) bond motifs is 1. The van der Waals surface area contributed by atoms with E-state index < -0.39 is 17.5 Å². The molecular formula is C21H16ClN3O4. The Bertz CT molecular complexity index is 1220. The van der Waals surface area contributed by atoms with Crippen molar-refractivity contribution >= 4 is 34.4 Å². The maximum Gasteiger partial charge on any atom is 0.357 e. The van der Waals surface area contributed by atoms with E-state index in [9.17, 15) is 19.8 Å². The second-order valence-electron chi connectivity index (χ2n) is 6.84. The maximum absolute atomic E-state index is 12.1. The van der Waals surface area contributed by atoms with Gasteiger partial charge in [0, 0.05) is 25.6 Å². The zero-order valence-electron chi connectivity index (χ0n) is 15.4. The third-order valence-corrected chi connectivity index (χ3v) is 5.19. The van der Waals surface area contributed by atoms with Gasteiger partial charge in [0.25, 0.3) is 5.91 Å². The van der Waals surface area contributed by atoms with Crippen LogP contribution in [0.1, 0.15) is 22.5 Å². The van der Waals surface area contributed by atoms with E-state index >= 15 is 0 Å². The molecule has 1 saturated heterocycles. The molecule has 3 aromatic rings. The number of carbonyl (C=O) groups excluding carboxylic acids is 1. The molecule has 1 unspecified atom stereocenters. The fraction of sp³-hybridized carbons (Fsp3) is 0.190. The van der Waals surface area contributed by atoms with Gasteiger partial charge in [0.15, 0.2) is 5.69 Å². The van der Waals surface area contributed by atoms with Crippen molar-refractivity contribution < 1.29 is 19.8 Å². The van der Waals surface area contributed by atoms with Crippen molar-refractivity contribution in [1.82, 2.24) is 14.7 Å². The molecule has 1 atom stereocenters. The summed E-state index contributed by atoms with van der Waals surface area (Å²) < 4.78 is 1.49. The number of halogens is 1. The highest BCUT2D eigenvalue weighted by molar-refractivity contribution is 6.36. The zero-order valence-corrected chi connectivity index (χ0v) is 16.1. The van der Waals surface area contributed by atoms with E-state index in [1.165, 1.54) is 9.58 Å². The summed E-state index contributed by atoms with van der Waals surface area (Å²) in [5.41, 5.74) is -0.144. The number of likely N-dealkylation sites (tertiary alicyclic amines) is 1. The molecule has 0 aliphatic carbocycles. The van der Waals surface area contributed by atoms with Crippen LogP contribution < -0.4 is 0 Å². The summed E-state index contributed by atoms with van der Waals surface area (Å²) >= 11 is 6.20. The van der Waals surface area contributed by atoms with Gasteiger partial charge in [-0.3, -0.25) is 4.79 Å². The molecule has 0 saturated carbocycles. The number of nitrogens with zero attached hydrogens (tertiary/aromatic N) is 3. The summed E-state index contributed by atoms with van der Waals surface area (Å²) in [5, 5.41) is 24.8. The molecule has 2 aromatic carbocycles. The van der Waals surface area contributed by atoms with Crippen molar-refractivity contribution in [1.29, 1.82) is 0 Å². The summed E-state index contributed by atoms with van der Waals surface area (Å²) in [6, 6.07) is 12.0. The van der Waals surface area contributed by atoms with Crippen LogP contribution in [-0.4, -0.2) is 56.0 Å². The summed E-state index contributed by atoms with van der Waals surface area (Å²) in [6.07, 6.45) is 0.249. The van der Waals surface area contributed by atoms with Gasteiger partial charge in [0.1, 0.15) is 0 Å². The van der Waals surface area contributed by atoms with Crippen LogP contribution in [0.2, 0.25) is 5.02 Å². The predicted octanol–water partition coefficient (Wildman–Crippen LogP) is 2.32. The zero-order chi connectivity index (χ0) is 20.8. The standard InChI is InChI=1S/C21H16ClN3O4/c1-24-11-10-21(29,20(24)28)9-8-13-4-2-5-14(12-13)25-16-7-3-6-15(22)17(16)18(23-25)19(26)27/h2-7,12,29H,10-11H2,1H3,(H,26,27). The third kappa shape index (κ3) is 3.23. The molecule has 0 radical (unpaired) electrons. The van der Waals surface area contributed by atoms with Gasteiger partial charge < -0.3 is 15.1 Å². The third-order valence-electron chi connectivity index (χ3n) is 4.87. The van der Waals surface area contributed by atoms with Crippen LogP contribution in [0.3, 0.4) is 0 Å². The molecule has 1 aliphatic rings.